The maximum absolute atomic E-state index is 9.49. The summed E-state index contributed by atoms with van der Waals surface area (Å²) in [6, 6.07) is 19.3. The minimum atomic E-state index is -0.0920. The third kappa shape index (κ3) is 3.22. The minimum absolute atomic E-state index is 0.0920. The highest BCUT2D eigenvalue weighted by Crippen LogP contribution is 2.28. The van der Waals surface area contributed by atoms with E-state index in [9.17, 15) is 5.11 Å². The molecule has 2 N–H and O–H groups in total. The Hall–Kier alpha value is -1.68. The molecule has 2 aromatic rings. The van der Waals surface area contributed by atoms with Gasteiger partial charge in [-0.1, -0.05) is 48.5 Å². The molecule has 0 saturated carbocycles. The first-order chi connectivity index (χ1) is 10.7. The summed E-state index contributed by atoms with van der Waals surface area (Å²) in [4.78, 5) is 0. The first-order valence-electron chi connectivity index (χ1n) is 7.80. The van der Waals surface area contributed by atoms with E-state index in [1.807, 2.05) is 6.07 Å². The number of rotatable bonds is 6. The van der Waals surface area contributed by atoms with Crippen LogP contribution in [0.3, 0.4) is 0 Å². The van der Waals surface area contributed by atoms with Gasteiger partial charge in [-0.3, -0.25) is 0 Å². The van der Waals surface area contributed by atoms with Gasteiger partial charge in [0.05, 0.1) is 25.2 Å². The molecule has 1 fully saturated rings. The van der Waals surface area contributed by atoms with E-state index in [1.165, 1.54) is 16.7 Å². The lowest BCUT2D eigenvalue weighted by atomic mass is 9.86. The Balaban J connectivity index is 1.69. The van der Waals surface area contributed by atoms with Crippen molar-refractivity contribution in [3.05, 3.63) is 60.2 Å². The molecule has 1 aliphatic heterocycles. The van der Waals surface area contributed by atoms with Crippen LogP contribution in [0.15, 0.2) is 54.6 Å². The van der Waals surface area contributed by atoms with Crippen LogP contribution in [-0.4, -0.2) is 31.5 Å². The number of benzene rings is 2. The Morgan fingerprint density at radius 1 is 1.09 bits per heavy atom. The average molecular weight is 297 g/mol. The van der Waals surface area contributed by atoms with E-state index < -0.39 is 0 Å². The molecule has 3 nitrogen and oxygen atoms in total. The Morgan fingerprint density at radius 2 is 1.82 bits per heavy atom. The predicted octanol–water partition coefficient (Wildman–Crippen LogP) is 3.01. The molecule has 0 aliphatic carbocycles. The molecule has 1 saturated heterocycles. The molecule has 3 rings (SSSR count). The van der Waals surface area contributed by atoms with Crippen LogP contribution < -0.4 is 5.32 Å². The molecule has 116 valence electrons. The van der Waals surface area contributed by atoms with Crippen molar-refractivity contribution < 1.29 is 9.84 Å². The van der Waals surface area contributed by atoms with Gasteiger partial charge in [-0.05, 0) is 29.7 Å². The zero-order chi connectivity index (χ0) is 15.4. The summed E-state index contributed by atoms with van der Waals surface area (Å²) in [5.41, 5.74) is 3.63. The highest BCUT2D eigenvalue weighted by molar-refractivity contribution is 5.64. The molecule has 0 bridgehead atoms. The lowest BCUT2D eigenvalue weighted by Crippen LogP contribution is -2.52. The summed E-state index contributed by atoms with van der Waals surface area (Å²) in [5, 5.41) is 13.0. The zero-order valence-corrected chi connectivity index (χ0v) is 13.0. The van der Waals surface area contributed by atoms with Crippen LogP contribution in [0.2, 0.25) is 0 Å². The summed E-state index contributed by atoms with van der Waals surface area (Å²) in [6.07, 6.45) is 0. The van der Waals surface area contributed by atoms with Crippen molar-refractivity contribution in [2.24, 2.45) is 5.41 Å². The lowest BCUT2D eigenvalue weighted by Gasteiger charge is -2.40. The van der Waals surface area contributed by atoms with Gasteiger partial charge in [-0.25, -0.2) is 0 Å². The first kappa shape index (κ1) is 15.2. The molecule has 1 aliphatic rings. The highest BCUT2D eigenvalue weighted by atomic mass is 16.5. The molecule has 0 aromatic heterocycles. The van der Waals surface area contributed by atoms with E-state index in [-0.39, 0.29) is 18.1 Å². The van der Waals surface area contributed by atoms with Crippen molar-refractivity contribution >= 4 is 0 Å². The third-order valence-electron chi connectivity index (χ3n) is 4.43. The largest absolute Gasteiger partial charge is 0.396 e. The number of hydrogen-bond acceptors (Lipinski definition) is 3. The van der Waals surface area contributed by atoms with Crippen molar-refractivity contribution in [1.82, 2.24) is 5.32 Å². The second kappa shape index (κ2) is 6.61. The minimum Gasteiger partial charge on any atom is -0.396 e. The van der Waals surface area contributed by atoms with Crippen molar-refractivity contribution in [2.45, 2.75) is 13.0 Å². The molecular weight excluding hydrogens is 274 g/mol. The first-order valence-corrected chi connectivity index (χ1v) is 7.80. The SMILES string of the molecule is CC(NCC1(CO)COC1)c1cccc(-c2ccccc2)c1. The summed E-state index contributed by atoms with van der Waals surface area (Å²) in [7, 11) is 0. The number of hydrogen-bond donors (Lipinski definition) is 2. The molecule has 0 spiro atoms. The maximum Gasteiger partial charge on any atom is 0.0579 e. The number of aliphatic hydroxyl groups is 1. The fourth-order valence-electron chi connectivity index (χ4n) is 2.75. The Kier molecular flexibility index (Phi) is 4.57. The predicted molar refractivity (Wildman–Crippen MR) is 88.6 cm³/mol. The second-order valence-corrected chi connectivity index (χ2v) is 6.24. The maximum atomic E-state index is 9.49. The smallest absolute Gasteiger partial charge is 0.0579 e. The van der Waals surface area contributed by atoms with Crippen LogP contribution in [0.1, 0.15) is 18.5 Å². The summed E-state index contributed by atoms with van der Waals surface area (Å²) in [6.45, 7) is 4.41. The standard InChI is InChI=1S/C19H23NO2/c1-15(20-11-19(12-21)13-22-14-19)17-8-5-9-18(10-17)16-6-3-2-4-7-16/h2-10,15,20-21H,11-14H2,1H3. The van der Waals surface area contributed by atoms with Gasteiger partial charge in [0.1, 0.15) is 0 Å². The van der Waals surface area contributed by atoms with Crippen LogP contribution in [0, 0.1) is 5.41 Å². The van der Waals surface area contributed by atoms with Gasteiger partial charge in [-0.15, -0.1) is 0 Å². The van der Waals surface area contributed by atoms with Crippen LogP contribution in [0.4, 0.5) is 0 Å². The summed E-state index contributed by atoms with van der Waals surface area (Å²) >= 11 is 0. The third-order valence-corrected chi connectivity index (χ3v) is 4.43. The molecular formula is C19H23NO2. The van der Waals surface area contributed by atoms with E-state index in [1.54, 1.807) is 0 Å². The summed E-state index contributed by atoms with van der Waals surface area (Å²) in [5.74, 6) is 0. The van der Waals surface area contributed by atoms with E-state index in [0.717, 1.165) is 6.54 Å². The van der Waals surface area contributed by atoms with Gasteiger partial charge in [0, 0.05) is 12.6 Å². The highest BCUT2D eigenvalue weighted by Gasteiger charge is 2.37. The molecule has 3 heteroatoms. The second-order valence-electron chi connectivity index (χ2n) is 6.24. The van der Waals surface area contributed by atoms with Crippen molar-refractivity contribution in [1.29, 1.82) is 0 Å². The van der Waals surface area contributed by atoms with Crippen LogP contribution in [0.25, 0.3) is 11.1 Å². The number of ether oxygens (including phenoxy) is 1. The lowest BCUT2D eigenvalue weighted by molar-refractivity contribution is -0.135. The molecule has 22 heavy (non-hydrogen) atoms. The molecule has 0 radical (unpaired) electrons. The molecule has 1 atom stereocenters. The van der Waals surface area contributed by atoms with Gasteiger partial charge in [-0.2, -0.15) is 0 Å². The molecule has 1 unspecified atom stereocenters. The van der Waals surface area contributed by atoms with Crippen LogP contribution >= 0.6 is 0 Å². The molecule has 1 heterocycles. The summed E-state index contributed by atoms with van der Waals surface area (Å²) < 4.78 is 5.24. The topological polar surface area (TPSA) is 41.5 Å². The Morgan fingerprint density at radius 3 is 2.45 bits per heavy atom. The zero-order valence-electron chi connectivity index (χ0n) is 13.0. The monoisotopic (exact) mass is 297 g/mol. The van der Waals surface area contributed by atoms with Gasteiger partial charge in [0.2, 0.25) is 0 Å². The Labute approximate surface area is 131 Å². The number of nitrogens with one attached hydrogen (secondary N) is 1. The quantitative estimate of drug-likeness (QED) is 0.861. The van der Waals surface area contributed by atoms with Crippen molar-refractivity contribution in [3.63, 3.8) is 0 Å². The van der Waals surface area contributed by atoms with E-state index in [2.05, 4.69) is 60.8 Å². The van der Waals surface area contributed by atoms with Crippen molar-refractivity contribution in [3.8, 4) is 11.1 Å². The molecule has 2 aromatic carbocycles. The van der Waals surface area contributed by atoms with Gasteiger partial charge < -0.3 is 15.2 Å². The van der Waals surface area contributed by atoms with Crippen LogP contribution in [-0.2, 0) is 4.74 Å². The fourth-order valence-corrected chi connectivity index (χ4v) is 2.75. The van der Waals surface area contributed by atoms with Crippen molar-refractivity contribution in [2.75, 3.05) is 26.4 Å². The van der Waals surface area contributed by atoms with Gasteiger partial charge in [0.25, 0.3) is 0 Å². The van der Waals surface area contributed by atoms with E-state index >= 15 is 0 Å². The molecule has 0 amide bonds. The van der Waals surface area contributed by atoms with Gasteiger partial charge >= 0.3 is 0 Å². The normalized spacial score (nSPS) is 17.7. The number of aliphatic hydroxyl groups excluding tert-OH is 1. The van der Waals surface area contributed by atoms with Crippen LogP contribution in [0.5, 0.6) is 0 Å². The Bertz CT molecular complexity index is 602. The van der Waals surface area contributed by atoms with E-state index in [4.69, 9.17) is 4.74 Å². The van der Waals surface area contributed by atoms with Gasteiger partial charge in [0.15, 0.2) is 0 Å². The van der Waals surface area contributed by atoms with E-state index in [0.29, 0.717) is 13.2 Å². The fraction of sp³-hybridized carbons (Fsp3) is 0.368. The average Bonchev–Trinajstić information content (AvgIpc) is 2.55.